The van der Waals surface area contributed by atoms with Crippen LogP contribution >= 0.6 is 0 Å². The summed E-state index contributed by atoms with van der Waals surface area (Å²) in [4.78, 5) is 0. The molecule has 7 heteroatoms. The quantitative estimate of drug-likeness (QED) is 0.612. The fourth-order valence-electron chi connectivity index (χ4n) is 2.21. The van der Waals surface area contributed by atoms with Crippen LogP contribution in [0.25, 0.3) is 0 Å². The minimum absolute atomic E-state index is 0.372. The zero-order chi connectivity index (χ0) is 17.3. The van der Waals surface area contributed by atoms with Crippen molar-refractivity contribution in [3.05, 3.63) is 71.8 Å². The third kappa shape index (κ3) is 9.07. The van der Waals surface area contributed by atoms with Gasteiger partial charge in [0.1, 0.15) is 0 Å². The van der Waals surface area contributed by atoms with Crippen LogP contribution in [0.2, 0.25) is 0 Å². The molecule has 0 spiro atoms. The van der Waals surface area contributed by atoms with E-state index in [0.717, 1.165) is 12.8 Å². The molecular weight excluding hydrogens is 316 g/mol. The first-order valence-electron chi connectivity index (χ1n) is 6.98. The maximum atomic E-state index is 8.74. The van der Waals surface area contributed by atoms with E-state index in [0.29, 0.717) is 6.54 Å². The monoisotopic (exact) mass is 338 g/mol. The minimum atomic E-state index is -4.67. The second kappa shape index (κ2) is 8.76. The first-order valence-corrected chi connectivity index (χ1v) is 8.38. The summed E-state index contributed by atoms with van der Waals surface area (Å²) in [5.74, 6) is 0. The molecule has 23 heavy (non-hydrogen) atoms. The molecule has 0 aliphatic carbocycles. The molecule has 126 valence electrons. The van der Waals surface area contributed by atoms with E-state index in [9.17, 15) is 0 Å². The first-order chi connectivity index (χ1) is 10.7. The summed E-state index contributed by atoms with van der Waals surface area (Å²) in [5.41, 5.74) is 14.4. The lowest BCUT2D eigenvalue weighted by Crippen LogP contribution is -2.50. The van der Waals surface area contributed by atoms with Crippen molar-refractivity contribution in [2.24, 2.45) is 11.5 Å². The van der Waals surface area contributed by atoms with Crippen LogP contribution < -0.4 is 11.5 Å². The fraction of sp³-hybridized carbons (Fsp3) is 0.250. The maximum Gasteiger partial charge on any atom is 0.394 e. The van der Waals surface area contributed by atoms with E-state index in [1.165, 1.54) is 11.1 Å². The SMILES string of the molecule is NCC(N)(Cc1ccccc1)Cc1ccccc1.O=S(=O)(O)O. The van der Waals surface area contributed by atoms with Gasteiger partial charge in [0.15, 0.2) is 0 Å². The molecule has 0 heterocycles. The lowest BCUT2D eigenvalue weighted by atomic mass is 9.86. The summed E-state index contributed by atoms with van der Waals surface area (Å²) in [7, 11) is -4.67. The van der Waals surface area contributed by atoms with Crippen molar-refractivity contribution in [3.63, 3.8) is 0 Å². The average Bonchev–Trinajstić information content (AvgIpc) is 2.47. The van der Waals surface area contributed by atoms with Crippen molar-refractivity contribution in [2.75, 3.05) is 6.54 Å². The van der Waals surface area contributed by atoms with Crippen LogP contribution in [0, 0.1) is 0 Å². The van der Waals surface area contributed by atoms with Crippen LogP contribution in [-0.4, -0.2) is 29.6 Å². The Balaban J connectivity index is 0.000000463. The van der Waals surface area contributed by atoms with Gasteiger partial charge < -0.3 is 11.5 Å². The number of hydrogen-bond acceptors (Lipinski definition) is 4. The van der Waals surface area contributed by atoms with Crippen molar-refractivity contribution < 1.29 is 17.5 Å². The van der Waals surface area contributed by atoms with Gasteiger partial charge in [0.05, 0.1) is 0 Å². The van der Waals surface area contributed by atoms with E-state index in [-0.39, 0.29) is 5.54 Å². The van der Waals surface area contributed by atoms with Gasteiger partial charge in [-0.15, -0.1) is 0 Å². The lowest BCUT2D eigenvalue weighted by molar-refractivity contribution is 0.381. The van der Waals surface area contributed by atoms with Gasteiger partial charge in [-0.05, 0) is 24.0 Å². The minimum Gasteiger partial charge on any atom is -0.329 e. The van der Waals surface area contributed by atoms with Crippen molar-refractivity contribution in [3.8, 4) is 0 Å². The van der Waals surface area contributed by atoms with E-state index in [4.69, 9.17) is 29.0 Å². The van der Waals surface area contributed by atoms with Gasteiger partial charge >= 0.3 is 10.4 Å². The molecular formula is C16H22N2O4S. The molecule has 0 bridgehead atoms. The summed E-state index contributed by atoms with van der Waals surface area (Å²) in [6, 6.07) is 20.6. The van der Waals surface area contributed by atoms with Crippen molar-refractivity contribution in [2.45, 2.75) is 18.4 Å². The largest absolute Gasteiger partial charge is 0.394 e. The van der Waals surface area contributed by atoms with Crippen LogP contribution in [0.3, 0.4) is 0 Å². The first kappa shape index (κ1) is 19.3. The van der Waals surface area contributed by atoms with Gasteiger partial charge in [0, 0.05) is 12.1 Å². The molecule has 2 aromatic rings. The van der Waals surface area contributed by atoms with Crippen LogP contribution in [0.15, 0.2) is 60.7 Å². The fourth-order valence-corrected chi connectivity index (χ4v) is 2.21. The smallest absolute Gasteiger partial charge is 0.329 e. The van der Waals surface area contributed by atoms with Crippen LogP contribution in [0.4, 0.5) is 0 Å². The van der Waals surface area contributed by atoms with Gasteiger partial charge in [-0.3, -0.25) is 9.11 Å². The highest BCUT2D eigenvalue weighted by Gasteiger charge is 2.23. The van der Waals surface area contributed by atoms with Crippen molar-refractivity contribution >= 4 is 10.4 Å². The van der Waals surface area contributed by atoms with Gasteiger partial charge in [0.25, 0.3) is 0 Å². The lowest BCUT2D eigenvalue weighted by Gasteiger charge is -2.28. The van der Waals surface area contributed by atoms with Crippen LogP contribution in [0.5, 0.6) is 0 Å². The Hall–Kier alpha value is -1.77. The second-order valence-corrected chi connectivity index (χ2v) is 6.23. The Labute approximate surface area is 136 Å². The number of benzene rings is 2. The van der Waals surface area contributed by atoms with Gasteiger partial charge in [-0.25, -0.2) is 0 Å². The highest BCUT2D eigenvalue weighted by molar-refractivity contribution is 7.79. The van der Waals surface area contributed by atoms with Crippen molar-refractivity contribution in [1.82, 2.24) is 0 Å². The summed E-state index contributed by atoms with van der Waals surface area (Å²) in [6.07, 6.45) is 1.61. The molecule has 2 rings (SSSR count). The van der Waals surface area contributed by atoms with Crippen molar-refractivity contribution in [1.29, 1.82) is 0 Å². The van der Waals surface area contributed by atoms with Gasteiger partial charge in [-0.2, -0.15) is 8.42 Å². The van der Waals surface area contributed by atoms with Crippen LogP contribution in [0.1, 0.15) is 11.1 Å². The predicted molar refractivity (Wildman–Crippen MR) is 90.4 cm³/mol. The third-order valence-corrected chi connectivity index (χ3v) is 3.20. The standard InChI is InChI=1S/C16H20N2.H2O4S/c17-13-16(18,11-14-7-3-1-4-8-14)12-15-9-5-2-6-10-15;1-5(2,3)4/h1-10H,11-13,17-18H2;(H2,1,2,3,4). The Bertz CT molecular complexity index is 626. The third-order valence-electron chi connectivity index (χ3n) is 3.20. The molecule has 0 unspecified atom stereocenters. The van der Waals surface area contributed by atoms with E-state index in [1.807, 2.05) is 36.4 Å². The summed E-state index contributed by atoms with van der Waals surface area (Å²) in [5, 5.41) is 0. The molecule has 0 amide bonds. The van der Waals surface area contributed by atoms with Gasteiger partial charge in [0.2, 0.25) is 0 Å². The Morgan fingerprint density at radius 1 is 0.826 bits per heavy atom. The van der Waals surface area contributed by atoms with Crippen LogP contribution in [-0.2, 0) is 23.2 Å². The molecule has 6 nitrogen and oxygen atoms in total. The molecule has 0 radical (unpaired) electrons. The second-order valence-electron chi connectivity index (χ2n) is 5.34. The maximum absolute atomic E-state index is 8.74. The Morgan fingerprint density at radius 2 is 1.13 bits per heavy atom. The number of nitrogens with two attached hydrogens (primary N) is 2. The van der Waals surface area contributed by atoms with E-state index in [2.05, 4.69) is 24.3 Å². The Kier molecular flexibility index (Phi) is 7.34. The summed E-state index contributed by atoms with van der Waals surface area (Å²) >= 11 is 0. The zero-order valence-corrected chi connectivity index (χ0v) is 13.5. The zero-order valence-electron chi connectivity index (χ0n) is 12.7. The molecule has 0 aliphatic rings. The highest BCUT2D eigenvalue weighted by atomic mass is 32.3. The molecule has 0 saturated heterocycles. The molecule has 0 aromatic heterocycles. The van der Waals surface area contributed by atoms with E-state index >= 15 is 0 Å². The number of hydrogen-bond donors (Lipinski definition) is 4. The number of rotatable bonds is 5. The predicted octanol–water partition coefficient (Wildman–Crippen LogP) is 1.48. The van der Waals surface area contributed by atoms with E-state index in [1.54, 1.807) is 0 Å². The topological polar surface area (TPSA) is 127 Å². The van der Waals surface area contributed by atoms with Gasteiger partial charge in [-0.1, -0.05) is 60.7 Å². The summed E-state index contributed by atoms with van der Waals surface area (Å²) in [6.45, 7) is 0.483. The molecule has 0 atom stereocenters. The molecule has 6 N–H and O–H groups in total. The molecule has 0 fully saturated rings. The molecule has 2 aromatic carbocycles. The highest BCUT2D eigenvalue weighted by Crippen LogP contribution is 2.16. The average molecular weight is 338 g/mol. The normalized spacial score (nSPS) is 11.5. The molecule has 0 saturated carbocycles. The van der Waals surface area contributed by atoms with E-state index < -0.39 is 10.4 Å². The summed E-state index contributed by atoms with van der Waals surface area (Å²) < 4.78 is 31.6. The molecule has 0 aliphatic heterocycles. The Morgan fingerprint density at radius 3 is 1.39 bits per heavy atom.